The van der Waals surface area contributed by atoms with Crippen LogP contribution < -0.4 is 19.7 Å². The van der Waals surface area contributed by atoms with Gasteiger partial charge in [0.2, 0.25) is 0 Å². The maximum absolute atomic E-state index is 13.3. The lowest BCUT2D eigenvalue weighted by atomic mass is 10.1. The second-order valence-electron chi connectivity index (χ2n) is 8.83. The fourth-order valence-electron chi connectivity index (χ4n) is 3.96. The lowest BCUT2D eigenvalue weighted by molar-refractivity contribution is -0.122. The molecule has 0 bridgehead atoms. The van der Waals surface area contributed by atoms with Crippen LogP contribution in [0.1, 0.15) is 16.7 Å². The van der Waals surface area contributed by atoms with Crippen molar-refractivity contribution in [2.24, 2.45) is 0 Å². The number of hydrogen-bond donors (Lipinski definition) is 1. The van der Waals surface area contributed by atoms with Gasteiger partial charge in [0.05, 0.1) is 10.7 Å². The van der Waals surface area contributed by atoms with Crippen LogP contribution in [0.5, 0.6) is 11.5 Å². The van der Waals surface area contributed by atoms with Gasteiger partial charge in [0.1, 0.15) is 30.3 Å². The quantitative estimate of drug-likeness (QED) is 0.171. The van der Waals surface area contributed by atoms with Gasteiger partial charge in [0.25, 0.3) is 11.8 Å². The largest absolute Gasteiger partial charge is 0.489 e. The Morgan fingerprint density at radius 3 is 2.17 bits per heavy atom. The molecule has 0 aromatic heterocycles. The summed E-state index contributed by atoms with van der Waals surface area (Å²) in [5.74, 6) is -0.516. The number of rotatable bonds is 8. The highest BCUT2D eigenvalue weighted by molar-refractivity contribution is 9.10. The number of imide groups is 2. The minimum absolute atomic E-state index is 0.204. The van der Waals surface area contributed by atoms with E-state index in [0.717, 1.165) is 20.5 Å². The monoisotopic (exact) mass is 616 g/mol. The summed E-state index contributed by atoms with van der Waals surface area (Å²) >= 11 is 9.80. The molecular weight excluding hydrogens is 596 g/mol. The lowest BCUT2D eigenvalue weighted by Crippen LogP contribution is -2.54. The van der Waals surface area contributed by atoms with Crippen LogP contribution in [0, 0.1) is 0 Å². The van der Waals surface area contributed by atoms with Gasteiger partial charge in [0, 0.05) is 4.47 Å². The van der Waals surface area contributed by atoms with Gasteiger partial charge in [-0.2, -0.15) is 0 Å². The third kappa shape index (κ3) is 6.42. The Bertz CT molecular complexity index is 1590. The van der Waals surface area contributed by atoms with E-state index in [-0.39, 0.29) is 5.57 Å². The molecule has 1 aliphatic rings. The van der Waals surface area contributed by atoms with E-state index >= 15 is 0 Å². The smallest absolute Gasteiger partial charge is 0.335 e. The van der Waals surface area contributed by atoms with Crippen molar-refractivity contribution >= 4 is 57.1 Å². The molecule has 1 saturated heterocycles. The van der Waals surface area contributed by atoms with Crippen LogP contribution >= 0.6 is 27.5 Å². The Morgan fingerprint density at radius 2 is 1.48 bits per heavy atom. The number of hydrogen-bond acceptors (Lipinski definition) is 5. The molecule has 200 valence electrons. The zero-order valence-corrected chi connectivity index (χ0v) is 23.3. The Hall–Kier alpha value is -4.40. The maximum atomic E-state index is 13.3. The number of anilines is 1. The highest BCUT2D eigenvalue weighted by atomic mass is 79.9. The molecule has 5 rings (SSSR count). The van der Waals surface area contributed by atoms with Crippen LogP contribution in [0.4, 0.5) is 10.5 Å². The number of nitrogens with zero attached hydrogens (tertiary/aromatic N) is 1. The second-order valence-corrected chi connectivity index (χ2v) is 10.2. The van der Waals surface area contributed by atoms with E-state index in [9.17, 15) is 14.4 Å². The van der Waals surface area contributed by atoms with Gasteiger partial charge in [0.15, 0.2) is 0 Å². The molecule has 9 heteroatoms. The number of halogens is 2. The van der Waals surface area contributed by atoms with E-state index in [1.54, 1.807) is 42.5 Å². The van der Waals surface area contributed by atoms with Gasteiger partial charge >= 0.3 is 6.03 Å². The van der Waals surface area contributed by atoms with E-state index < -0.39 is 17.8 Å². The van der Waals surface area contributed by atoms with Crippen molar-refractivity contribution in [3.05, 3.63) is 129 Å². The topological polar surface area (TPSA) is 84.9 Å². The van der Waals surface area contributed by atoms with Crippen LogP contribution in [-0.4, -0.2) is 17.8 Å². The minimum Gasteiger partial charge on any atom is -0.489 e. The fraction of sp³-hybridized carbons (Fsp3) is 0.0645. The van der Waals surface area contributed by atoms with E-state index in [2.05, 4.69) is 21.2 Å². The van der Waals surface area contributed by atoms with Crippen molar-refractivity contribution in [2.45, 2.75) is 13.2 Å². The van der Waals surface area contributed by atoms with Crippen molar-refractivity contribution in [1.82, 2.24) is 5.32 Å². The van der Waals surface area contributed by atoms with E-state index in [0.29, 0.717) is 41.0 Å². The molecule has 1 N–H and O–H groups in total. The van der Waals surface area contributed by atoms with Crippen molar-refractivity contribution in [3.63, 3.8) is 0 Å². The fourth-order valence-corrected chi connectivity index (χ4v) is 4.46. The minimum atomic E-state index is -0.835. The van der Waals surface area contributed by atoms with E-state index in [1.165, 1.54) is 6.08 Å². The van der Waals surface area contributed by atoms with Gasteiger partial charge in [-0.1, -0.05) is 76.1 Å². The summed E-state index contributed by atoms with van der Waals surface area (Å²) in [7, 11) is 0. The number of nitrogens with one attached hydrogen (secondary N) is 1. The SMILES string of the molecule is O=C1NC(=O)N(c2ccc(OCc3ccc(Br)cc3)cc2)C(=O)/C1=C/c1ccc(OCc2ccccc2)c(Cl)c1. The zero-order valence-electron chi connectivity index (χ0n) is 21.0. The van der Waals surface area contributed by atoms with Gasteiger partial charge in [-0.3, -0.25) is 14.9 Å². The highest BCUT2D eigenvalue weighted by Crippen LogP contribution is 2.29. The Morgan fingerprint density at radius 1 is 0.800 bits per heavy atom. The molecule has 4 aromatic rings. The molecule has 40 heavy (non-hydrogen) atoms. The standard InChI is InChI=1S/C31H22BrClN2O5/c32-23-9-6-21(7-10-23)18-39-25-13-11-24(12-14-25)35-30(37)26(29(36)34-31(35)38)16-22-8-15-28(27(33)17-22)40-19-20-4-2-1-3-5-20/h1-17H,18-19H2,(H,34,36,38)/b26-16+. The third-order valence-electron chi connectivity index (χ3n) is 6.02. The summed E-state index contributed by atoms with van der Waals surface area (Å²) in [5.41, 5.74) is 2.57. The molecule has 0 radical (unpaired) electrons. The van der Waals surface area contributed by atoms with Crippen molar-refractivity contribution < 1.29 is 23.9 Å². The van der Waals surface area contributed by atoms with Gasteiger partial charge < -0.3 is 9.47 Å². The first-order chi connectivity index (χ1) is 19.4. The van der Waals surface area contributed by atoms with Crippen molar-refractivity contribution in [2.75, 3.05) is 4.90 Å². The molecule has 0 spiro atoms. The van der Waals surface area contributed by atoms with E-state index in [1.807, 2.05) is 54.6 Å². The normalized spacial score (nSPS) is 14.3. The van der Waals surface area contributed by atoms with Crippen LogP contribution in [0.25, 0.3) is 6.08 Å². The summed E-state index contributed by atoms with van der Waals surface area (Å²) in [6.07, 6.45) is 1.39. The molecule has 0 saturated carbocycles. The predicted molar refractivity (Wildman–Crippen MR) is 156 cm³/mol. The molecule has 0 atom stereocenters. The van der Waals surface area contributed by atoms with Gasteiger partial charge in [-0.05, 0) is 71.3 Å². The summed E-state index contributed by atoms with van der Waals surface area (Å²) < 4.78 is 12.6. The molecule has 0 aliphatic carbocycles. The summed E-state index contributed by atoms with van der Waals surface area (Å²) in [4.78, 5) is 39.3. The van der Waals surface area contributed by atoms with Gasteiger partial charge in [-0.25, -0.2) is 9.69 Å². The number of carbonyl (C=O) groups excluding carboxylic acids is 3. The van der Waals surface area contributed by atoms with Crippen LogP contribution in [0.2, 0.25) is 5.02 Å². The molecule has 4 amide bonds. The molecule has 7 nitrogen and oxygen atoms in total. The van der Waals surface area contributed by atoms with Crippen molar-refractivity contribution in [1.29, 1.82) is 0 Å². The zero-order chi connectivity index (χ0) is 28.1. The predicted octanol–water partition coefficient (Wildman–Crippen LogP) is 6.93. The first-order valence-electron chi connectivity index (χ1n) is 12.2. The first kappa shape index (κ1) is 27.2. The first-order valence-corrected chi connectivity index (χ1v) is 13.4. The number of ether oxygens (including phenoxy) is 2. The number of amides is 4. The molecule has 1 aliphatic heterocycles. The molecule has 1 heterocycles. The third-order valence-corrected chi connectivity index (χ3v) is 6.84. The number of carbonyl (C=O) groups is 3. The summed E-state index contributed by atoms with van der Waals surface area (Å²) in [6, 6.07) is 28.0. The average molecular weight is 618 g/mol. The molecule has 0 unspecified atom stereocenters. The summed E-state index contributed by atoms with van der Waals surface area (Å²) in [5, 5.41) is 2.55. The van der Waals surface area contributed by atoms with Gasteiger partial charge in [-0.15, -0.1) is 0 Å². The van der Waals surface area contributed by atoms with Crippen LogP contribution in [-0.2, 0) is 22.8 Å². The van der Waals surface area contributed by atoms with Crippen LogP contribution in [0.3, 0.4) is 0 Å². The average Bonchev–Trinajstić information content (AvgIpc) is 2.95. The number of benzene rings is 4. The summed E-state index contributed by atoms with van der Waals surface area (Å²) in [6.45, 7) is 0.697. The molecule has 1 fully saturated rings. The number of barbiturate groups is 1. The Balaban J connectivity index is 1.29. The van der Waals surface area contributed by atoms with Crippen molar-refractivity contribution in [3.8, 4) is 11.5 Å². The number of urea groups is 1. The maximum Gasteiger partial charge on any atom is 0.335 e. The van der Waals surface area contributed by atoms with Crippen LogP contribution in [0.15, 0.2) is 107 Å². The second kappa shape index (κ2) is 12.2. The Kier molecular flexibility index (Phi) is 8.28. The lowest BCUT2D eigenvalue weighted by Gasteiger charge is -2.26. The van der Waals surface area contributed by atoms with E-state index in [4.69, 9.17) is 21.1 Å². The highest BCUT2D eigenvalue weighted by Gasteiger charge is 2.36. The molecule has 4 aromatic carbocycles. The molecular formula is C31H22BrClN2O5. The Labute approximate surface area is 244 Å².